The Morgan fingerprint density at radius 1 is 1.30 bits per heavy atom. The van der Waals surface area contributed by atoms with Crippen LogP contribution in [0.5, 0.6) is 0 Å². The third kappa shape index (κ3) is 3.65. The molecule has 1 fully saturated rings. The van der Waals surface area contributed by atoms with E-state index in [9.17, 15) is 22.8 Å². The second-order valence-corrected chi connectivity index (χ2v) is 5.78. The predicted molar refractivity (Wildman–Crippen MR) is 76.9 cm³/mol. The number of nitrogens with zero attached hydrogens (tertiary/aromatic N) is 1. The minimum absolute atomic E-state index is 0.270. The molecule has 0 heterocycles. The van der Waals surface area contributed by atoms with Crippen molar-refractivity contribution in [1.82, 2.24) is 4.90 Å². The highest BCUT2D eigenvalue weighted by atomic mass is 19.4. The van der Waals surface area contributed by atoms with Crippen molar-refractivity contribution < 1.29 is 27.9 Å². The lowest BCUT2D eigenvalue weighted by Crippen LogP contribution is -2.42. The SMILES string of the molecule is CCCN(CC(=O)O)C(=O)C1(c2cccc(C(F)(F)F)c2)CC1. The van der Waals surface area contributed by atoms with E-state index in [1.807, 2.05) is 6.92 Å². The lowest BCUT2D eigenvalue weighted by Gasteiger charge is -2.26. The van der Waals surface area contributed by atoms with Crippen LogP contribution in [0.15, 0.2) is 24.3 Å². The van der Waals surface area contributed by atoms with Crippen LogP contribution in [0.1, 0.15) is 37.3 Å². The first-order valence-corrected chi connectivity index (χ1v) is 7.39. The highest BCUT2D eigenvalue weighted by Crippen LogP contribution is 2.50. The Hall–Kier alpha value is -2.05. The Morgan fingerprint density at radius 2 is 1.96 bits per heavy atom. The predicted octanol–water partition coefficient (Wildman–Crippen LogP) is 3.06. The maximum absolute atomic E-state index is 12.9. The second-order valence-electron chi connectivity index (χ2n) is 5.78. The molecule has 1 aliphatic carbocycles. The highest BCUT2D eigenvalue weighted by molar-refractivity contribution is 5.93. The van der Waals surface area contributed by atoms with E-state index in [-0.39, 0.29) is 6.54 Å². The van der Waals surface area contributed by atoms with Crippen LogP contribution in [0.3, 0.4) is 0 Å². The number of alkyl halides is 3. The second kappa shape index (κ2) is 6.22. The third-order valence-electron chi connectivity index (χ3n) is 4.01. The number of benzene rings is 1. The van der Waals surface area contributed by atoms with E-state index in [0.29, 0.717) is 24.8 Å². The number of carbonyl (C=O) groups is 2. The van der Waals surface area contributed by atoms with E-state index in [4.69, 9.17) is 5.11 Å². The van der Waals surface area contributed by atoms with Gasteiger partial charge in [0.2, 0.25) is 5.91 Å². The normalized spacial score (nSPS) is 16.0. The van der Waals surface area contributed by atoms with Crippen molar-refractivity contribution in [3.63, 3.8) is 0 Å². The largest absolute Gasteiger partial charge is 0.480 e. The summed E-state index contributed by atoms with van der Waals surface area (Å²) in [5.41, 5.74) is -1.50. The van der Waals surface area contributed by atoms with Crippen molar-refractivity contribution in [2.75, 3.05) is 13.1 Å². The average molecular weight is 329 g/mol. The van der Waals surface area contributed by atoms with Gasteiger partial charge in [0, 0.05) is 6.54 Å². The molecule has 0 bridgehead atoms. The van der Waals surface area contributed by atoms with Crippen LogP contribution >= 0.6 is 0 Å². The number of amides is 1. The summed E-state index contributed by atoms with van der Waals surface area (Å²) in [5, 5.41) is 8.92. The van der Waals surface area contributed by atoms with Crippen LogP contribution in [0.2, 0.25) is 0 Å². The van der Waals surface area contributed by atoms with Gasteiger partial charge in [0.25, 0.3) is 0 Å². The molecular formula is C16H18F3NO3. The number of rotatable bonds is 6. The van der Waals surface area contributed by atoms with Gasteiger partial charge in [-0.2, -0.15) is 13.2 Å². The molecule has 1 aromatic rings. The zero-order chi connectivity index (χ0) is 17.3. The van der Waals surface area contributed by atoms with Gasteiger partial charge in [-0.1, -0.05) is 25.1 Å². The molecule has 23 heavy (non-hydrogen) atoms. The van der Waals surface area contributed by atoms with Gasteiger partial charge >= 0.3 is 12.1 Å². The molecule has 2 rings (SSSR count). The number of carboxylic acids is 1. The molecule has 0 aromatic heterocycles. The molecular weight excluding hydrogens is 311 g/mol. The van der Waals surface area contributed by atoms with Crippen molar-refractivity contribution in [3.05, 3.63) is 35.4 Å². The first-order chi connectivity index (χ1) is 10.7. The van der Waals surface area contributed by atoms with Crippen LogP contribution in [0, 0.1) is 0 Å². The summed E-state index contributed by atoms with van der Waals surface area (Å²) in [6.45, 7) is 1.64. The number of carboxylic acid groups (broad SMARTS) is 1. The van der Waals surface area contributed by atoms with Crippen molar-refractivity contribution in [2.24, 2.45) is 0 Å². The first-order valence-electron chi connectivity index (χ1n) is 7.39. The van der Waals surface area contributed by atoms with Crippen molar-refractivity contribution >= 4 is 11.9 Å². The van der Waals surface area contributed by atoms with E-state index in [2.05, 4.69) is 0 Å². The van der Waals surface area contributed by atoms with Crippen molar-refractivity contribution in [3.8, 4) is 0 Å². The molecule has 7 heteroatoms. The minimum atomic E-state index is -4.47. The average Bonchev–Trinajstić information content (AvgIpc) is 3.26. The fourth-order valence-corrected chi connectivity index (χ4v) is 2.73. The molecule has 1 saturated carbocycles. The summed E-state index contributed by atoms with van der Waals surface area (Å²) in [7, 11) is 0. The maximum Gasteiger partial charge on any atom is 0.416 e. The van der Waals surface area contributed by atoms with E-state index < -0.39 is 35.6 Å². The Balaban J connectivity index is 2.31. The fraction of sp³-hybridized carbons (Fsp3) is 0.500. The first kappa shape index (κ1) is 17.3. The van der Waals surface area contributed by atoms with Crippen molar-refractivity contribution in [2.45, 2.75) is 37.8 Å². The lowest BCUT2D eigenvalue weighted by atomic mass is 9.92. The number of aliphatic carboxylic acids is 1. The molecule has 126 valence electrons. The van der Waals surface area contributed by atoms with Crippen LogP contribution in [0.25, 0.3) is 0 Å². The van der Waals surface area contributed by atoms with Crippen LogP contribution in [0.4, 0.5) is 13.2 Å². The molecule has 0 saturated heterocycles. The molecule has 0 spiro atoms. The van der Waals surface area contributed by atoms with Gasteiger partial charge < -0.3 is 10.0 Å². The Morgan fingerprint density at radius 3 is 2.43 bits per heavy atom. The smallest absolute Gasteiger partial charge is 0.416 e. The quantitative estimate of drug-likeness (QED) is 0.873. The molecule has 1 aliphatic rings. The summed E-state index contributed by atoms with van der Waals surface area (Å²) < 4.78 is 38.6. The number of hydrogen-bond donors (Lipinski definition) is 1. The van der Waals surface area contributed by atoms with Gasteiger partial charge in [-0.3, -0.25) is 9.59 Å². The van der Waals surface area contributed by atoms with Gasteiger partial charge in [0.1, 0.15) is 6.54 Å². The van der Waals surface area contributed by atoms with Gasteiger partial charge in [0.15, 0.2) is 0 Å². The molecule has 0 aliphatic heterocycles. The topological polar surface area (TPSA) is 57.6 Å². The van der Waals surface area contributed by atoms with Gasteiger partial charge in [-0.05, 0) is 30.9 Å². The molecule has 1 amide bonds. The zero-order valence-corrected chi connectivity index (χ0v) is 12.7. The van der Waals surface area contributed by atoms with Gasteiger partial charge in [-0.25, -0.2) is 0 Å². The molecule has 1 aromatic carbocycles. The lowest BCUT2D eigenvalue weighted by molar-refractivity contribution is -0.145. The Bertz CT molecular complexity index is 609. The van der Waals surface area contributed by atoms with Crippen molar-refractivity contribution in [1.29, 1.82) is 0 Å². The van der Waals surface area contributed by atoms with Crippen LogP contribution in [-0.4, -0.2) is 35.0 Å². The maximum atomic E-state index is 12.9. The fourth-order valence-electron chi connectivity index (χ4n) is 2.73. The summed E-state index contributed by atoms with van der Waals surface area (Å²) in [4.78, 5) is 24.8. The Kier molecular flexibility index (Phi) is 4.68. The Labute approximate surface area is 131 Å². The summed E-state index contributed by atoms with van der Waals surface area (Å²) in [5.74, 6) is -1.53. The molecule has 1 N–H and O–H groups in total. The number of hydrogen-bond acceptors (Lipinski definition) is 2. The molecule has 0 unspecified atom stereocenters. The summed E-state index contributed by atoms with van der Waals surface area (Å²) >= 11 is 0. The third-order valence-corrected chi connectivity index (χ3v) is 4.01. The van der Waals surface area contributed by atoms with Crippen LogP contribution < -0.4 is 0 Å². The van der Waals surface area contributed by atoms with Gasteiger partial charge in [0.05, 0.1) is 11.0 Å². The summed E-state index contributed by atoms with van der Waals surface area (Å²) in [6, 6.07) is 4.75. The van der Waals surface area contributed by atoms with E-state index in [1.54, 1.807) is 0 Å². The number of halogens is 3. The summed E-state index contributed by atoms with van der Waals surface area (Å²) in [6.07, 6.45) is -3.02. The standard InChI is InChI=1S/C16H18F3NO3/c1-2-8-20(10-13(21)22)14(23)15(6-7-15)11-4-3-5-12(9-11)16(17,18)19/h3-5,9H,2,6-8,10H2,1H3,(H,21,22). The monoisotopic (exact) mass is 329 g/mol. The minimum Gasteiger partial charge on any atom is -0.480 e. The van der Waals surface area contributed by atoms with Crippen LogP contribution in [-0.2, 0) is 21.2 Å². The molecule has 0 atom stereocenters. The molecule has 4 nitrogen and oxygen atoms in total. The highest BCUT2D eigenvalue weighted by Gasteiger charge is 2.53. The van der Waals surface area contributed by atoms with E-state index in [0.717, 1.165) is 12.1 Å². The number of carbonyl (C=O) groups excluding carboxylic acids is 1. The zero-order valence-electron chi connectivity index (χ0n) is 12.7. The molecule has 0 radical (unpaired) electrons. The van der Waals surface area contributed by atoms with E-state index in [1.165, 1.54) is 17.0 Å². The van der Waals surface area contributed by atoms with E-state index >= 15 is 0 Å². The van der Waals surface area contributed by atoms with Gasteiger partial charge in [-0.15, -0.1) is 0 Å².